The van der Waals surface area contributed by atoms with Crippen LogP contribution in [0.3, 0.4) is 0 Å². The van der Waals surface area contributed by atoms with E-state index in [1.807, 2.05) is 6.92 Å². The summed E-state index contributed by atoms with van der Waals surface area (Å²) in [6.45, 7) is 3.38. The minimum Gasteiger partial charge on any atom is -0.269 e. The van der Waals surface area contributed by atoms with Crippen molar-refractivity contribution in [1.29, 1.82) is 0 Å². The number of carbonyl (C=O) groups excluding carboxylic acids is 3. The summed E-state index contributed by atoms with van der Waals surface area (Å²) in [7, 11) is 0. The first kappa shape index (κ1) is 14.9. The lowest BCUT2D eigenvalue weighted by molar-refractivity contribution is -0.143. The van der Waals surface area contributed by atoms with E-state index < -0.39 is 17.8 Å². The van der Waals surface area contributed by atoms with Crippen LogP contribution in [0.2, 0.25) is 0 Å². The van der Waals surface area contributed by atoms with Gasteiger partial charge in [0.1, 0.15) is 5.65 Å². The summed E-state index contributed by atoms with van der Waals surface area (Å²) in [5.41, 5.74) is 1.29. The van der Waals surface area contributed by atoms with Gasteiger partial charge in [0.05, 0.1) is 12.2 Å². The maximum Gasteiger partial charge on any atom is 0.334 e. The maximum atomic E-state index is 12.1. The number of hydrogen-bond acceptors (Lipinski definition) is 5. The smallest absolute Gasteiger partial charge is 0.269 e. The molecule has 1 fully saturated rings. The van der Waals surface area contributed by atoms with E-state index in [0.717, 1.165) is 15.4 Å². The Balaban J connectivity index is 1.99. The van der Waals surface area contributed by atoms with E-state index in [0.29, 0.717) is 5.65 Å². The molecule has 1 aliphatic rings. The molecule has 3 heterocycles. The second-order valence-electron chi connectivity index (χ2n) is 5.24. The Morgan fingerprint density at radius 2 is 1.74 bits per heavy atom. The van der Waals surface area contributed by atoms with Gasteiger partial charge in [-0.15, -0.1) is 0 Å². The van der Waals surface area contributed by atoms with E-state index in [4.69, 9.17) is 0 Å². The fraction of sp³-hybridized carbons (Fsp3) is 0.267. The predicted molar refractivity (Wildman–Crippen MR) is 79.5 cm³/mol. The van der Waals surface area contributed by atoms with Gasteiger partial charge in [-0.1, -0.05) is 0 Å². The first-order valence-electron chi connectivity index (χ1n) is 7.08. The summed E-state index contributed by atoms with van der Waals surface area (Å²) < 4.78 is 1.37. The fourth-order valence-electron chi connectivity index (χ4n) is 2.47. The predicted octanol–water partition coefficient (Wildman–Crippen LogP) is 0.314. The monoisotopic (exact) mass is 314 g/mol. The molecule has 1 aliphatic heterocycles. The number of carbonyl (C=O) groups is 3. The summed E-state index contributed by atoms with van der Waals surface area (Å²) in [6.07, 6.45) is 1.61. The van der Waals surface area contributed by atoms with Crippen LogP contribution in [0.5, 0.6) is 0 Å². The molecule has 8 heteroatoms. The number of hydrogen-bond donors (Lipinski definition) is 0. The Morgan fingerprint density at radius 3 is 2.39 bits per heavy atom. The summed E-state index contributed by atoms with van der Waals surface area (Å²) in [4.78, 5) is 53.7. The molecule has 4 amide bonds. The number of amides is 4. The normalized spacial score (nSPS) is 15.1. The highest BCUT2D eigenvalue weighted by atomic mass is 16.2. The Hall–Kier alpha value is -3.03. The topological polar surface area (TPSA) is 92.1 Å². The van der Waals surface area contributed by atoms with Crippen LogP contribution in [0.1, 0.15) is 18.2 Å². The molecule has 0 spiro atoms. The van der Waals surface area contributed by atoms with Crippen molar-refractivity contribution in [2.24, 2.45) is 0 Å². The number of imide groups is 2. The lowest BCUT2D eigenvalue weighted by Crippen LogP contribution is -2.33. The molecule has 0 aromatic carbocycles. The summed E-state index contributed by atoms with van der Waals surface area (Å²) in [5.74, 6) is -1.76. The number of aromatic nitrogens is 2. The van der Waals surface area contributed by atoms with E-state index >= 15 is 0 Å². The first-order valence-corrected chi connectivity index (χ1v) is 7.08. The molecule has 0 radical (unpaired) electrons. The SMILES string of the molecule is CCN1C(=O)C(=O)N(Cc2cc(=O)n3ccc(C)cc3n2)C1=O. The quantitative estimate of drug-likeness (QED) is 0.601. The van der Waals surface area contributed by atoms with Crippen LogP contribution in [-0.4, -0.2) is 43.6 Å². The highest BCUT2D eigenvalue weighted by molar-refractivity contribution is 6.44. The molecule has 8 nitrogen and oxygen atoms in total. The molecule has 0 saturated carbocycles. The largest absolute Gasteiger partial charge is 0.334 e. The number of pyridine rings is 1. The van der Waals surface area contributed by atoms with Crippen molar-refractivity contribution >= 4 is 23.5 Å². The van der Waals surface area contributed by atoms with Gasteiger partial charge in [-0.25, -0.2) is 14.7 Å². The third-order valence-corrected chi connectivity index (χ3v) is 3.65. The first-order chi connectivity index (χ1) is 10.9. The molecule has 0 atom stereocenters. The third kappa shape index (κ3) is 2.37. The Bertz CT molecular complexity index is 902. The van der Waals surface area contributed by atoms with Crippen LogP contribution in [0, 0.1) is 6.92 Å². The van der Waals surface area contributed by atoms with Gasteiger partial charge in [0.15, 0.2) is 0 Å². The number of fused-ring (bicyclic) bond motifs is 1. The van der Waals surface area contributed by atoms with Crippen molar-refractivity contribution in [3.05, 3.63) is 46.0 Å². The van der Waals surface area contributed by atoms with Gasteiger partial charge in [0.25, 0.3) is 5.56 Å². The number of aryl methyl sites for hydroxylation is 1. The standard InChI is InChI=1S/C15H14N4O4/c1-3-17-13(21)14(22)19(15(17)23)8-10-7-12(20)18-5-4-9(2)6-11(18)16-10/h4-7H,3,8H2,1-2H3. The van der Waals surface area contributed by atoms with Crippen LogP contribution in [0.25, 0.3) is 5.65 Å². The number of nitrogens with zero attached hydrogens (tertiary/aromatic N) is 4. The summed E-state index contributed by atoms with van der Waals surface area (Å²) >= 11 is 0. The highest BCUT2D eigenvalue weighted by Crippen LogP contribution is 2.14. The van der Waals surface area contributed by atoms with Crippen LogP contribution in [0.15, 0.2) is 29.2 Å². The summed E-state index contributed by atoms with van der Waals surface area (Å²) in [5, 5.41) is 0. The van der Waals surface area contributed by atoms with Crippen molar-refractivity contribution in [1.82, 2.24) is 19.2 Å². The van der Waals surface area contributed by atoms with Crippen LogP contribution >= 0.6 is 0 Å². The van der Waals surface area contributed by atoms with Crippen molar-refractivity contribution < 1.29 is 14.4 Å². The molecular formula is C15H14N4O4. The van der Waals surface area contributed by atoms with Gasteiger partial charge in [-0.3, -0.25) is 23.7 Å². The Morgan fingerprint density at radius 1 is 1.04 bits per heavy atom. The van der Waals surface area contributed by atoms with Crippen molar-refractivity contribution in [2.45, 2.75) is 20.4 Å². The van der Waals surface area contributed by atoms with Gasteiger partial charge in [0.2, 0.25) is 0 Å². The van der Waals surface area contributed by atoms with E-state index in [9.17, 15) is 19.2 Å². The van der Waals surface area contributed by atoms with Crippen LogP contribution < -0.4 is 5.56 Å². The van der Waals surface area contributed by atoms with Crippen molar-refractivity contribution in [2.75, 3.05) is 6.54 Å². The minimum atomic E-state index is -0.900. The summed E-state index contributed by atoms with van der Waals surface area (Å²) in [6, 6.07) is 4.07. The third-order valence-electron chi connectivity index (χ3n) is 3.65. The molecular weight excluding hydrogens is 300 g/mol. The number of urea groups is 1. The van der Waals surface area contributed by atoms with Crippen molar-refractivity contribution in [3.63, 3.8) is 0 Å². The maximum absolute atomic E-state index is 12.1. The molecule has 0 aliphatic carbocycles. The zero-order valence-electron chi connectivity index (χ0n) is 12.6. The van der Waals surface area contributed by atoms with E-state index in [1.54, 1.807) is 25.3 Å². The van der Waals surface area contributed by atoms with E-state index in [2.05, 4.69) is 4.98 Å². The highest BCUT2D eigenvalue weighted by Gasteiger charge is 2.43. The van der Waals surface area contributed by atoms with Gasteiger partial charge in [-0.05, 0) is 31.5 Å². The average molecular weight is 314 g/mol. The number of likely N-dealkylation sites (N-methyl/N-ethyl adjacent to an activating group) is 1. The second-order valence-corrected chi connectivity index (χ2v) is 5.24. The van der Waals surface area contributed by atoms with E-state index in [1.165, 1.54) is 10.5 Å². The van der Waals surface area contributed by atoms with Crippen molar-refractivity contribution in [3.8, 4) is 0 Å². The Kier molecular flexibility index (Phi) is 3.44. The lowest BCUT2D eigenvalue weighted by Gasteiger charge is -2.14. The van der Waals surface area contributed by atoms with Gasteiger partial charge < -0.3 is 0 Å². The number of rotatable bonds is 3. The molecule has 0 unspecified atom stereocenters. The lowest BCUT2D eigenvalue weighted by atomic mass is 10.3. The molecule has 23 heavy (non-hydrogen) atoms. The minimum absolute atomic E-state index is 0.118. The Labute approximate surface area is 130 Å². The fourth-order valence-corrected chi connectivity index (χ4v) is 2.47. The zero-order chi connectivity index (χ0) is 16.7. The molecule has 2 aromatic heterocycles. The van der Waals surface area contributed by atoms with Gasteiger partial charge in [0, 0.05) is 18.8 Å². The van der Waals surface area contributed by atoms with Gasteiger partial charge >= 0.3 is 17.8 Å². The molecule has 118 valence electrons. The van der Waals surface area contributed by atoms with E-state index in [-0.39, 0.29) is 24.3 Å². The molecule has 1 saturated heterocycles. The average Bonchev–Trinajstić information content (AvgIpc) is 2.70. The second kappa shape index (κ2) is 5.31. The van der Waals surface area contributed by atoms with Crippen LogP contribution in [-0.2, 0) is 16.1 Å². The molecule has 2 aromatic rings. The molecule has 0 N–H and O–H groups in total. The molecule has 3 rings (SSSR count). The zero-order valence-corrected chi connectivity index (χ0v) is 12.6. The van der Waals surface area contributed by atoms with Crippen LogP contribution in [0.4, 0.5) is 4.79 Å². The van der Waals surface area contributed by atoms with Gasteiger partial charge in [-0.2, -0.15) is 0 Å². The molecule has 0 bridgehead atoms.